The van der Waals surface area contributed by atoms with Crippen LogP contribution in [0.3, 0.4) is 0 Å². The maximum absolute atomic E-state index is 12.1. The molecule has 6 nitrogen and oxygen atoms in total. The molecule has 1 N–H and O–H groups in total. The van der Waals surface area contributed by atoms with E-state index in [9.17, 15) is 9.90 Å². The van der Waals surface area contributed by atoms with Crippen LogP contribution in [0.1, 0.15) is 30.9 Å². The third-order valence-electron chi connectivity index (χ3n) is 5.39. The second kappa shape index (κ2) is 10.9. The normalized spacial score (nSPS) is 18.3. The lowest BCUT2D eigenvalue weighted by Crippen LogP contribution is -2.37. The first kappa shape index (κ1) is 22.0. The molecule has 0 radical (unpaired) electrons. The van der Waals surface area contributed by atoms with Crippen LogP contribution >= 0.6 is 0 Å². The van der Waals surface area contributed by atoms with Crippen molar-refractivity contribution in [3.63, 3.8) is 0 Å². The van der Waals surface area contributed by atoms with Crippen LogP contribution in [0.5, 0.6) is 11.5 Å². The van der Waals surface area contributed by atoms with Gasteiger partial charge in [0.05, 0.1) is 33.0 Å². The highest BCUT2D eigenvalue weighted by atomic mass is 16.6. The molecular formula is C24H31NO5. The molecule has 1 aliphatic rings. The summed E-state index contributed by atoms with van der Waals surface area (Å²) >= 11 is 0. The highest BCUT2D eigenvalue weighted by Gasteiger charge is 2.34. The van der Waals surface area contributed by atoms with Crippen molar-refractivity contribution in [2.24, 2.45) is 0 Å². The van der Waals surface area contributed by atoms with Gasteiger partial charge in [-0.1, -0.05) is 30.3 Å². The smallest absolute Gasteiger partial charge is 0.410 e. The van der Waals surface area contributed by atoms with Gasteiger partial charge in [-0.25, -0.2) is 4.79 Å². The maximum atomic E-state index is 12.1. The molecule has 30 heavy (non-hydrogen) atoms. The zero-order chi connectivity index (χ0) is 21.3. The Morgan fingerprint density at radius 1 is 1.17 bits per heavy atom. The summed E-state index contributed by atoms with van der Waals surface area (Å²) in [6, 6.07) is 16.1. The first-order valence-electron chi connectivity index (χ1n) is 10.6. The first-order chi connectivity index (χ1) is 14.6. The van der Waals surface area contributed by atoms with Crippen molar-refractivity contribution in [2.75, 3.05) is 26.9 Å². The van der Waals surface area contributed by atoms with Gasteiger partial charge in [-0.05, 0) is 55.5 Å². The van der Waals surface area contributed by atoms with Crippen LogP contribution in [0.15, 0.2) is 48.5 Å². The van der Waals surface area contributed by atoms with Crippen LogP contribution < -0.4 is 9.47 Å². The van der Waals surface area contributed by atoms with Crippen molar-refractivity contribution in [2.45, 2.75) is 44.8 Å². The van der Waals surface area contributed by atoms with Crippen LogP contribution in [-0.4, -0.2) is 55.1 Å². The molecule has 0 aromatic heterocycles. The summed E-state index contributed by atoms with van der Waals surface area (Å²) in [6.07, 6.45) is 2.09. The van der Waals surface area contributed by atoms with Crippen LogP contribution in [0, 0.1) is 0 Å². The Balaban J connectivity index is 1.55. The molecule has 1 amide bonds. The van der Waals surface area contributed by atoms with Crippen LogP contribution in [0.25, 0.3) is 0 Å². The Labute approximate surface area is 178 Å². The zero-order valence-corrected chi connectivity index (χ0v) is 17.8. The van der Waals surface area contributed by atoms with E-state index in [-0.39, 0.29) is 12.1 Å². The summed E-state index contributed by atoms with van der Waals surface area (Å²) in [6.45, 7) is 2.91. The van der Waals surface area contributed by atoms with Gasteiger partial charge in [0.15, 0.2) is 0 Å². The Morgan fingerprint density at radius 2 is 2.00 bits per heavy atom. The second-order valence-corrected chi connectivity index (χ2v) is 7.49. The van der Waals surface area contributed by atoms with Gasteiger partial charge in [0.2, 0.25) is 0 Å². The lowest BCUT2D eigenvalue weighted by atomic mass is 10.0. The largest absolute Gasteiger partial charge is 0.497 e. The number of aryl methyl sites for hydroxylation is 2. The summed E-state index contributed by atoms with van der Waals surface area (Å²) in [5.41, 5.74) is 2.36. The topological polar surface area (TPSA) is 68.2 Å². The predicted molar refractivity (Wildman–Crippen MR) is 115 cm³/mol. The minimum atomic E-state index is -0.505. The number of carbonyl (C=O) groups excluding carboxylic acids is 1. The van der Waals surface area contributed by atoms with E-state index < -0.39 is 6.10 Å². The average Bonchev–Trinajstić information content (AvgIpc) is 3.14. The minimum absolute atomic E-state index is 0.0667. The van der Waals surface area contributed by atoms with Gasteiger partial charge in [0, 0.05) is 12.5 Å². The van der Waals surface area contributed by atoms with E-state index >= 15 is 0 Å². The number of methoxy groups -OCH3 is 1. The fourth-order valence-corrected chi connectivity index (χ4v) is 3.86. The van der Waals surface area contributed by atoms with Crippen molar-refractivity contribution in [3.8, 4) is 11.5 Å². The van der Waals surface area contributed by atoms with E-state index in [1.807, 2.05) is 30.3 Å². The van der Waals surface area contributed by atoms with E-state index in [2.05, 4.69) is 18.2 Å². The Kier molecular flexibility index (Phi) is 7.97. The van der Waals surface area contributed by atoms with Gasteiger partial charge in [0.1, 0.15) is 11.5 Å². The number of ether oxygens (including phenoxy) is 3. The van der Waals surface area contributed by atoms with Gasteiger partial charge in [0.25, 0.3) is 0 Å². The van der Waals surface area contributed by atoms with Crippen molar-refractivity contribution in [1.29, 1.82) is 0 Å². The third-order valence-corrected chi connectivity index (χ3v) is 5.39. The van der Waals surface area contributed by atoms with E-state index in [4.69, 9.17) is 14.2 Å². The molecule has 2 atom stereocenters. The monoisotopic (exact) mass is 413 g/mol. The number of amides is 1. The average molecular weight is 414 g/mol. The van der Waals surface area contributed by atoms with Crippen LogP contribution in [0.4, 0.5) is 4.79 Å². The predicted octanol–water partition coefficient (Wildman–Crippen LogP) is 3.84. The highest BCUT2D eigenvalue weighted by Crippen LogP contribution is 2.24. The maximum Gasteiger partial charge on any atom is 0.410 e. The summed E-state index contributed by atoms with van der Waals surface area (Å²) in [5.74, 6) is 1.73. The molecule has 2 aromatic rings. The van der Waals surface area contributed by atoms with E-state index in [1.165, 1.54) is 5.56 Å². The minimum Gasteiger partial charge on any atom is -0.497 e. The standard InChI is InChI=1S/C24H31NO5/c1-3-29-24(27)25-17-21(26)16-20(25)13-14-30-23-10-5-4-8-19(23)12-11-18-7-6-9-22(15-18)28-2/h4-10,15,20-21,26H,3,11-14,16-17H2,1-2H3/t20-,21+/m0/s1. The van der Waals surface area contributed by atoms with Crippen LogP contribution in [-0.2, 0) is 17.6 Å². The lowest BCUT2D eigenvalue weighted by Gasteiger charge is -2.23. The molecule has 0 unspecified atom stereocenters. The van der Waals surface area contributed by atoms with Crippen molar-refractivity contribution < 1.29 is 24.1 Å². The molecule has 0 aliphatic carbocycles. The number of nitrogens with zero attached hydrogens (tertiary/aromatic N) is 1. The second-order valence-electron chi connectivity index (χ2n) is 7.49. The summed E-state index contributed by atoms with van der Waals surface area (Å²) < 4.78 is 16.5. The number of aliphatic hydroxyl groups is 1. The number of rotatable bonds is 9. The Bertz CT molecular complexity index is 825. The van der Waals surface area contributed by atoms with Gasteiger partial charge in [-0.15, -0.1) is 0 Å². The molecule has 1 heterocycles. The first-order valence-corrected chi connectivity index (χ1v) is 10.6. The molecule has 2 aromatic carbocycles. The summed E-state index contributed by atoms with van der Waals surface area (Å²) in [7, 11) is 1.68. The SMILES string of the molecule is CCOC(=O)N1C[C@H](O)C[C@@H]1CCOc1ccccc1CCc1cccc(OC)c1. The fraction of sp³-hybridized carbons (Fsp3) is 0.458. The Hall–Kier alpha value is -2.73. The molecular weight excluding hydrogens is 382 g/mol. The summed E-state index contributed by atoms with van der Waals surface area (Å²) in [5, 5.41) is 9.96. The molecule has 6 heteroatoms. The molecule has 1 fully saturated rings. The molecule has 0 saturated carbocycles. The Morgan fingerprint density at radius 3 is 2.80 bits per heavy atom. The molecule has 1 saturated heterocycles. The number of β-amino-alcohol motifs (C(OH)–C–C–N with tert-alkyl or cyclic N) is 1. The van der Waals surface area contributed by atoms with Crippen molar-refractivity contribution in [3.05, 3.63) is 59.7 Å². The number of likely N-dealkylation sites (tertiary alicyclic amines) is 1. The lowest BCUT2D eigenvalue weighted by molar-refractivity contribution is 0.0941. The third kappa shape index (κ3) is 5.89. The summed E-state index contributed by atoms with van der Waals surface area (Å²) in [4.78, 5) is 13.7. The van der Waals surface area contributed by atoms with Crippen molar-refractivity contribution >= 4 is 6.09 Å². The van der Waals surface area contributed by atoms with E-state index in [1.54, 1.807) is 18.9 Å². The van der Waals surface area contributed by atoms with Gasteiger partial charge < -0.3 is 24.2 Å². The van der Waals surface area contributed by atoms with E-state index in [0.29, 0.717) is 32.6 Å². The molecule has 3 rings (SSSR count). The van der Waals surface area contributed by atoms with Crippen molar-refractivity contribution in [1.82, 2.24) is 4.90 Å². The number of benzene rings is 2. The molecule has 162 valence electrons. The van der Waals surface area contributed by atoms with Gasteiger partial charge in [-0.3, -0.25) is 0 Å². The molecule has 0 spiro atoms. The number of hydrogen-bond acceptors (Lipinski definition) is 5. The molecule has 0 bridgehead atoms. The van der Waals surface area contributed by atoms with E-state index in [0.717, 1.165) is 29.9 Å². The number of hydrogen-bond donors (Lipinski definition) is 1. The fourth-order valence-electron chi connectivity index (χ4n) is 3.86. The molecule has 1 aliphatic heterocycles. The van der Waals surface area contributed by atoms with Gasteiger partial charge >= 0.3 is 6.09 Å². The van der Waals surface area contributed by atoms with Gasteiger partial charge in [-0.2, -0.15) is 0 Å². The zero-order valence-electron chi connectivity index (χ0n) is 17.8. The number of aliphatic hydroxyl groups excluding tert-OH is 1. The number of para-hydroxylation sites is 1. The van der Waals surface area contributed by atoms with Crippen LogP contribution in [0.2, 0.25) is 0 Å². The quantitative estimate of drug-likeness (QED) is 0.677. The highest BCUT2D eigenvalue weighted by molar-refractivity contribution is 5.68. The number of carbonyl (C=O) groups is 1.